The molecule has 0 radical (unpaired) electrons. The predicted molar refractivity (Wildman–Crippen MR) is 260 cm³/mol. The molecule has 0 N–H and O–H groups in total. The van der Waals surface area contributed by atoms with E-state index in [2.05, 4.69) is 228 Å². The Kier molecular flexibility index (Phi) is 7.57. The van der Waals surface area contributed by atoms with E-state index in [9.17, 15) is 0 Å². The van der Waals surface area contributed by atoms with Gasteiger partial charge in [0.2, 0.25) is 0 Å². The molecule has 0 unspecified atom stereocenters. The van der Waals surface area contributed by atoms with Crippen LogP contribution in [0.25, 0.3) is 121 Å². The molecule has 0 aliphatic rings. The summed E-state index contributed by atoms with van der Waals surface area (Å²) in [6, 6.07) is 78.7. The SMILES string of the molecule is c1ccc(-n2c3ccccc3c3cc(-c4ccc5c6ccccc6n(-c6cccc(-c7nc(-c8ccc9ccccc9c8)nc8ccc9ccccc9c78)c6)c5c4)ccc32)cc1. The largest absolute Gasteiger partial charge is 0.309 e. The lowest BCUT2D eigenvalue weighted by atomic mass is 9.99. The lowest BCUT2D eigenvalue weighted by Gasteiger charge is -2.14. The number of nitrogens with zero attached hydrogens (tertiary/aromatic N) is 4. The van der Waals surface area contributed by atoms with Crippen LogP contribution in [-0.2, 0) is 0 Å². The molecule has 3 aromatic heterocycles. The lowest BCUT2D eigenvalue weighted by Crippen LogP contribution is -1.98. The van der Waals surface area contributed by atoms with Crippen LogP contribution in [0.3, 0.4) is 0 Å². The Hall–Kier alpha value is -8.34. The van der Waals surface area contributed by atoms with Crippen LogP contribution in [0.4, 0.5) is 0 Å². The molecule has 0 aliphatic heterocycles. The number of hydrogen-bond acceptors (Lipinski definition) is 2. The molecule has 0 fully saturated rings. The molecule has 3 heterocycles. The zero-order valence-corrected chi connectivity index (χ0v) is 33.6. The fourth-order valence-electron chi connectivity index (χ4n) is 9.80. The molecule has 0 bridgehead atoms. The second-order valence-electron chi connectivity index (χ2n) is 16.2. The maximum Gasteiger partial charge on any atom is 0.160 e. The van der Waals surface area contributed by atoms with E-state index in [0.717, 1.165) is 60.9 Å². The molecule has 13 aromatic rings. The second-order valence-corrected chi connectivity index (χ2v) is 16.2. The summed E-state index contributed by atoms with van der Waals surface area (Å²) in [5.74, 6) is 0.712. The fourth-order valence-corrected chi connectivity index (χ4v) is 9.80. The van der Waals surface area contributed by atoms with Gasteiger partial charge in [-0.1, -0.05) is 152 Å². The van der Waals surface area contributed by atoms with Crippen LogP contribution in [0.5, 0.6) is 0 Å². The van der Waals surface area contributed by atoms with E-state index in [-0.39, 0.29) is 0 Å². The van der Waals surface area contributed by atoms with Gasteiger partial charge in [0.15, 0.2) is 5.82 Å². The summed E-state index contributed by atoms with van der Waals surface area (Å²) in [6.45, 7) is 0. The van der Waals surface area contributed by atoms with Crippen LogP contribution in [0, 0.1) is 0 Å². The summed E-state index contributed by atoms with van der Waals surface area (Å²) in [6.07, 6.45) is 0. The number of para-hydroxylation sites is 3. The van der Waals surface area contributed by atoms with Crippen molar-refractivity contribution in [2.45, 2.75) is 0 Å². The summed E-state index contributed by atoms with van der Waals surface area (Å²) in [7, 11) is 0. The number of hydrogen-bond donors (Lipinski definition) is 0. The van der Waals surface area contributed by atoms with Gasteiger partial charge in [-0.2, -0.15) is 0 Å². The molecule has 288 valence electrons. The number of benzene rings is 10. The Morgan fingerprint density at radius 3 is 1.73 bits per heavy atom. The van der Waals surface area contributed by atoms with Crippen molar-refractivity contribution in [1.82, 2.24) is 19.1 Å². The molecule has 0 aliphatic carbocycles. The minimum Gasteiger partial charge on any atom is -0.309 e. The summed E-state index contributed by atoms with van der Waals surface area (Å²) >= 11 is 0. The smallest absolute Gasteiger partial charge is 0.160 e. The van der Waals surface area contributed by atoms with Crippen molar-refractivity contribution in [2.75, 3.05) is 0 Å². The molecule has 62 heavy (non-hydrogen) atoms. The van der Waals surface area contributed by atoms with Gasteiger partial charge in [-0.25, -0.2) is 9.97 Å². The third-order valence-electron chi connectivity index (χ3n) is 12.7. The molecule has 0 saturated heterocycles. The zero-order chi connectivity index (χ0) is 40.7. The van der Waals surface area contributed by atoms with Crippen molar-refractivity contribution >= 4 is 76.1 Å². The fraction of sp³-hybridized carbons (Fsp3) is 0. The Morgan fingerprint density at radius 2 is 0.887 bits per heavy atom. The number of fused-ring (bicyclic) bond motifs is 10. The molecular weight excluding hydrogens is 753 g/mol. The van der Waals surface area contributed by atoms with Crippen LogP contribution in [-0.4, -0.2) is 19.1 Å². The number of rotatable bonds is 5. The third kappa shape index (κ3) is 5.33. The first-order valence-corrected chi connectivity index (χ1v) is 21.2. The van der Waals surface area contributed by atoms with E-state index >= 15 is 0 Å². The molecule has 0 saturated carbocycles. The van der Waals surface area contributed by atoms with Crippen molar-refractivity contribution in [3.05, 3.63) is 218 Å². The molecule has 0 atom stereocenters. The van der Waals surface area contributed by atoms with Gasteiger partial charge in [-0.3, -0.25) is 0 Å². The minimum atomic E-state index is 0.712. The molecule has 4 heteroatoms. The van der Waals surface area contributed by atoms with Crippen molar-refractivity contribution < 1.29 is 0 Å². The van der Waals surface area contributed by atoms with Crippen LogP contribution in [0.2, 0.25) is 0 Å². The molecule has 0 spiro atoms. The normalized spacial score (nSPS) is 11.9. The first kappa shape index (κ1) is 34.5. The third-order valence-corrected chi connectivity index (χ3v) is 12.7. The average molecular weight is 789 g/mol. The lowest BCUT2D eigenvalue weighted by molar-refractivity contribution is 1.18. The predicted octanol–water partition coefficient (Wildman–Crippen LogP) is 15.1. The van der Waals surface area contributed by atoms with Gasteiger partial charge in [0, 0.05) is 49.4 Å². The highest BCUT2D eigenvalue weighted by Crippen LogP contribution is 2.40. The Morgan fingerprint density at radius 1 is 0.290 bits per heavy atom. The highest BCUT2D eigenvalue weighted by atomic mass is 15.0. The van der Waals surface area contributed by atoms with Gasteiger partial charge in [-0.15, -0.1) is 0 Å². The van der Waals surface area contributed by atoms with Crippen molar-refractivity contribution in [3.8, 4) is 45.1 Å². The molecule has 4 nitrogen and oxygen atoms in total. The molecule has 10 aromatic carbocycles. The topological polar surface area (TPSA) is 35.6 Å². The summed E-state index contributed by atoms with van der Waals surface area (Å²) in [5.41, 5.74) is 13.2. The van der Waals surface area contributed by atoms with Gasteiger partial charge >= 0.3 is 0 Å². The Bertz CT molecular complexity index is 3930. The minimum absolute atomic E-state index is 0.712. The maximum absolute atomic E-state index is 5.44. The van der Waals surface area contributed by atoms with E-state index < -0.39 is 0 Å². The highest BCUT2D eigenvalue weighted by Gasteiger charge is 2.19. The molecule has 13 rings (SSSR count). The zero-order valence-electron chi connectivity index (χ0n) is 33.6. The van der Waals surface area contributed by atoms with Crippen molar-refractivity contribution in [2.24, 2.45) is 0 Å². The quantitative estimate of drug-likeness (QED) is 0.163. The van der Waals surface area contributed by atoms with Gasteiger partial charge in [0.25, 0.3) is 0 Å². The maximum atomic E-state index is 5.44. The van der Waals surface area contributed by atoms with Gasteiger partial charge in [-0.05, 0) is 99.4 Å². The first-order valence-electron chi connectivity index (χ1n) is 21.2. The summed E-state index contributed by atoms with van der Waals surface area (Å²) in [5, 5.41) is 10.6. The van der Waals surface area contributed by atoms with Crippen molar-refractivity contribution in [1.29, 1.82) is 0 Å². The second kappa shape index (κ2) is 13.6. The van der Waals surface area contributed by atoms with E-state index in [0.29, 0.717) is 5.82 Å². The van der Waals surface area contributed by atoms with Gasteiger partial charge < -0.3 is 9.13 Å². The monoisotopic (exact) mass is 788 g/mol. The van der Waals surface area contributed by atoms with E-state index in [1.807, 2.05) is 0 Å². The highest BCUT2D eigenvalue weighted by molar-refractivity contribution is 6.14. The van der Waals surface area contributed by atoms with E-state index in [4.69, 9.17) is 9.97 Å². The van der Waals surface area contributed by atoms with E-state index in [1.54, 1.807) is 0 Å². The van der Waals surface area contributed by atoms with Gasteiger partial charge in [0.05, 0.1) is 33.3 Å². The van der Waals surface area contributed by atoms with Crippen LogP contribution in [0.1, 0.15) is 0 Å². The van der Waals surface area contributed by atoms with Crippen LogP contribution >= 0.6 is 0 Å². The summed E-state index contributed by atoms with van der Waals surface area (Å²) in [4.78, 5) is 10.7. The Balaban J connectivity index is 1.01. The summed E-state index contributed by atoms with van der Waals surface area (Å²) < 4.78 is 4.79. The van der Waals surface area contributed by atoms with Crippen LogP contribution in [0.15, 0.2) is 218 Å². The Labute approximate surface area is 357 Å². The van der Waals surface area contributed by atoms with Gasteiger partial charge in [0.1, 0.15) is 0 Å². The molecular formula is C58H36N4. The standard InChI is InChI=1S/C58H36N4/c1-2-17-44(18-3-1)61-53-24-11-9-22-48(53)50-35-40(29-32-54(50)61)41-27-30-49-47-21-8-10-23-52(47)62(55(49)36-41)45-19-12-16-42(34-45)57-56-46-20-7-6-14-38(46)28-31-51(56)59-58(60-57)43-26-25-37-13-4-5-15-39(37)33-43/h1-36H. The number of aromatic nitrogens is 4. The van der Waals surface area contributed by atoms with Crippen molar-refractivity contribution in [3.63, 3.8) is 0 Å². The first-order chi connectivity index (χ1) is 30.7. The van der Waals surface area contributed by atoms with Crippen LogP contribution < -0.4 is 0 Å². The average Bonchev–Trinajstić information content (AvgIpc) is 3.86. The molecule has 0 amide bonds. The van der Waals surface area contributed by atoms with E-state index in [1.165, 1.54) is 54.5 Å².